The van der Waals surface area contributed by atoms with Crippen LogP contribution in [0.15, 0.2) is 54.6 Å². The Balaban J connectivity index is 1.61. The normalized spacial score (nSPS) is 16.5. The van der Waals surface area contributed by atoms with E-state index in [0.717, 1.165) is 5.01 Å². The molecule has 0 radical (unpaired) electrons. The van der Waals surface area contributed by atoms with Gasteiger partial charge in [0.05, 0.1) is 17.4 Å². The minimum Gasteiger partial charge on any atom is -0.454 e. The predicted octanol–water partition coefficient (Wildman–Crippen LogP) is 1.90. The molecule has 10 heteroatoms. The van der Waals surface area contributed by atoms with E-state index in [-0.39, 0.29) is 24.3 Å². The number of carbonyl (C=O) groups excluding carboxylic acids is 4. The van der Waals surface area contributed by atoms with Crippen LogP contribution < -0.4 is 5.43 Å². The number of hydrogen-bond donors (Lipinski definition) is 1. The fourth-order valence-corrected chi connectivity index (χ4v) is 3.14. The lowest BCUT2D eigenvalue weighted by Gasteiger charge is -2.18. The number of Topliss-reactive ketones (excluding diaryl/α,β-unsaturated/α-hetero) is 1. The quantitative estimate of drug-likeness (QED) is 0.310. The molecule has 160 valence electrons. The number of benzene rings is 2. The van der Waals surface area contributed by atoms with Gasteiger partial charge in [0, 0.05) is 18.1 Å². The van der Waals surface area contributed by atoms with Gasteiger partial charge < -0.3 is 4.74 Å². The number of hydrazine groups is 1. The molecule has 2 atom stereocenters. The van der Waals surface area contributed by atoms with Gasteiger partial charge in [-0.2, -0.15) is 0 Å². The van der Waals surface area contributed by atoms with Crippen molar-refractivity contribution in [2.75, 3.05) is 6.54 Å². The molecule has 1 saturated heterocycles. The van der Waals surface area contributed by atoms with Crippen LogP contribution in [-0.2, 0) is 14.3 Å². The molecule has 0 unspecified atom stereocenters. The average Bonchev–Trinajstić information content (AvgIpc) is 3.14. The van der Waals surface area contributed by atoms with Crippen molar-refractivity contribution in [3.05, 3.63) is 75.8 Å². The van der Waals surface area contributed by atoms with Crippen LogP contribution in [0.5, 0.6) is 0 Å². The van der Waals surface area contributed by atoms with Crippen LogP contribution in [0.25, 0.3) is 0 Å². The van der Waals surface area contributed by atoms with Crippen molar-refractivity contribution >= 4 is 29.3 Å². The van der Waals surface area contributed by atoms with E-state index in [1.165, 1.54) is 31.2 Å². The van der Waals surface area contributed by atoms with Crippen LogP contribution in [0.1, 0.15) is 34.1 Å². The van der Waals surface area contributed by atoms with Gasteiger partial charge in [0.15, 0.2) is 6.10 Å². The second-order valence-electron chi connectivity index (χ2n) is 6.93. The summed E-state index contributed by atoms with van der Waals surface area (Å²) in [6.45, 7) is 1.27. The standard InChI is InChI=1S/C21H19N3O7/c1-13(19(26)14-7-3-2-4-8-14)31-21(28)15-11-18(25)23(12-15)22-20(27)16-9-5-6-10-17(16)24(29)30/h2-10,13,15H,11-12H2,1H3,(H,22,27)/t13-,15+/m1/s1. The highest BCUT2D eigenvalue weighted by molar-refractivity contribution is 6.01. The molecule has 1 aliphatic rings. The van der Waals surface area contributed by atoms with Crippen molar-refractivity contribution in [3.63, 3.8) is 0 Å². The average molecular weight is 425 g/mol. The minimum atomic E-state index is -1.04. The molecule has 0 aliphatic carbocycles. The first kappa shape index (κ1) is 21.6. The first-order valence-electron chi connectivity index (χ1n) is 9.42. The number of amides is 2. The van der Waals surface area contributed by atoms with Gasteiger partial charge in [0.25, 0.3) is 11.6 Å². The largest absolute Gasteiger partial charge is 0.454 e. The Kier molecular flexibility index (Phi) is 6.39. The second-order valence-corrected chi connectivity index (χ2v) is 6.93. The number of hydrogen-bond acceptors (Lipinski definition) is 7. The van der Waals surface area contributed by atoms with E-state index in [2.05, 4.69) is 5.43 Å². The van der Waals surface area contributed by atoms with Crippen LogP contribution in [0.3, 0.4) is 0 Å². The van der Waals surface area contributed by atoms with Crippen molar-refractivity contribution in [2.24, 2.45) is 5.92 Å². The number of nitrogens with one attached hydrogen (secondary N) is 1. The van der Waals surface area contributed by atoms with E-state index in [0.29, 0.717) is 5.56 Å². The predicted molar refractivity (Wildman–Crippen MR) is 107 cm³/mol. The molecule has 2 amide bonds. The number of ketones is 1. The van der Waals surface area contributed by atoms with E-state index in [1.807, 2.05) is 0 Å². The number of para-hydroxylation sites is 1. The highest BCUT2D eigenvalue weighted by atomic mass is 16.6. The second kappa shape index (κ2) is 9.16. The molecule has 0 spiro atoms. The SMILES string of the molecule is C[C@@H](OC(=O)[C@H]1CC(=O)N(NC(=O)c2ccccc2[N+](=O)[O-])C1)C(=O)c1ccccc1. The van der Waals surface area contributed by atoms with Crippen molar-refractivity contribution in [1.82, 2.24) is 10.4 Å². The van der Waals surface area contributed by atoms with Gasteiger partial charge in [-0.25, -0.2) is 0 Å². The minimum absolute atomic E-state index is 0.170. The summed E-state index contributed by atoms with van der Waals surface area (Å²) >= 11 is 0. The lowest BCUT2D eigenvalue weighted by atomic mass is 10.1. The Morgan fingerprint density at radius 1 is 1.13 bits per heavy atom. The zero-order valence-corrected chi connectivity index (χ0v) is 16.5. The Morgan fingerprint density at radius 2 is 1.77 bits per heavy atom. The van der Waals surface area contributed by atoms with Crippen LogP contribution in [0.4, 0.5) is 5.69 Å². The van der Waals surface area contributed by atoms with Crippen LogP contribution >= 0.6 is 0 Å². The zero-order chi connectivity index (χ0) is 22.5. The molecule has 2 aromatic carbocycles. The summed E-state index contributed by atoms with van der Waals surface area (Å²) in [4.78, 5) is 59.8. The van der Waals surface area contributed by atoms with E-state index in [9.17, 15) is 29.3 Å². The van der Waals surface area contributed by atoms with E-state index < -0.39 is 40.4 Å². The molecule has 0 aromatic heterocycles. The summed E-state index contributed by atoms with van der Waals surface area (Å²) in [6, 6.07) is 13.6. The lowest BCUT2D eigenvalue weighted by Crippen LogP contribution is -2.43. The summed E-state index contributed by atoms with van der Waals surface area (Å²) in [7, 11) is 0. The number of esters is 1. The summed E-state index contributed by atoms with van der Waals surface area (Å²) < 4.78 is 5.22. The third-order valence-corrected chi connectivity index (χ3v) is 4.76. The maximum absolute atomic E-state index is 12.4. The fraction of sp³-hybridized carbons (Fsp3) is 0.238. The number of rotatable bonds is 7. The van der Waals surface area contributed by atoms with Gasteiger partial charge in [-0.1, -0.05) is 42.5 Å². The van der Waals surface area contributed by atoms with Gasteiger partial charge in [0.2, 0.25) is 11.7 Å². The third kappa shape index (κ3) is 4.92. The molecule has 2 aromatic rings. The summed E-state index contributed by atoms with van der Waals surface area (Å²) in [5, 5.41) is 12.0. The Labute approximate surface area is 176 Å². The summed E-state index contributed by atoms with van der Waals surface area (Å²) in [6.07, 6.45) is -1.26. The number of nitrogens with zero attached hydrogens (tertiary/aromatic N) is 2. The van der Waals surface area contributed by atoms with Crippen molar-refractivity contribution in [3.8, 4) is 0 Å². The molecule has 0 bridgehead atoms. The Hall–Kier alpha value is -4.08. The maximum atomic E-state index is 12.4. The van der Waals surface area contributed by atoms with Crippen LogP contribution in [0, 0.1) is 16.0 Å². The molecular formula is C21H19N3O7. The topological polar surface area (TPSA) is 136 Å². The molecular weight excluding hydrogens is 406 g/mol. The monoisotopic (exact) mass is 425 g/mol. The van der Waals surface area contributed by atoms with Gasteiger partial charge in [-0.05, 0) is 13.0 Å². The van der Waals surface area contributed by atoms with E-state index in [4.69, 9.17) is 4.74 Å². The fourth-order valence-electron chi connectivity index (χ4n) is 3.14. The molecule has 1 aliphatic heterocycles. The van der Waals surface area contributed by atoms with Crippen molar-refractivity contribution < 1.29 is 28.8 Å². The van der Waals surface area contributed by atoms with Crippen molar-refractivity contribution in [2.45, 2.75) is 19.4 Å². The van der Waals surface area contributed by atoms with Crippen molar-refractivity contribution in [1.29, 1.82) is 0 Å². The van der Waals surface area contributed by atoms with E-state index in [1.54, 1.807) is 30.3 Å². The molecule has 31 heavy (non-hydrogen) atoms. The van der Waals surface area contributed by atoms with Gasteiger partial charge in [-0.3, -0.25) is 39.7 Å². The smallest absolute Gasteiger partial charge is 0.312 e. The van der Waals surface area contributed by atoms with E-state index >= 15 is 0 Å². The number of nitro groups is 1. The number of ether oxygens (including phenoxy) is 1. The van der Waals surface area contributed by atoms with Crippen LogP contribution in [-0.4, -0.2) is 46.1 Å². The van der Waals surface area contributed by atoms with Gasteiger partial charge in [-0.15, -0.1) is 0 Å². The molecule has 1 heterocycles. The Morgan fingerprint density at radius 3 is 2.45 bits per heavy atom. The Bertz CT molecular complexity index is 1040. The lowest BCUT2D eigenvalue weighted by molar-refractivity contribution is -0.385. The summed E-state index contributed by atoms with van der Waals surface area (Å²) in [5.74, 6) is -3.39. The molecule has 1 N–H and O–H groups in total. The maximum Gasteiger partial charge on any atom is 0.312 e. The zero-order valence-electron chi connectivity index (χ0n) is 16.5. The first-order valence-corrected chi connectivity index (χ1v) is 9.42. The number of nitro benzene ring substituents is 1. The third-order valence-electron chi connectivity index (χ3n) is 4.76. The van der Waals surface area contributed by atoms with Gasteiger partial charge in [0.1, 0.15) is 5.56 Å². The molecule has 1 fully saturated rings. The molecule has 3 rings (SSSR count). The van der Waals surface area contributed by atoms with Crippen LogP contribution in [0.2, 0.25) is 0 Å². The highest BCUT2D eigenvalue weighted by Crippen LogP contribution is 2.21. The summed E-state index contributed by atoms with van der Waals surface area (Å²) in [5.41, 5.74) is 2.06. The molecule has 10 nitrogen and oxygen atoms in total. The van der Waals surface area contributed by atoms with Gasteiger partial charge >= 0.3 is 5.97 Å². The first-order chi connectivity index (χ1) is 14.8. The highest BCUT2D eigenvalue weighted by Gasteiger charge is 2.38. The molecule has 0 saturated carbocycles. The number of carbonyl (C=O) groups is 4.